The van der Waals surface area contributed by atoms with Crippen molar-refractivity contribution in [3.05, 3.63) is 102 Å². The van der Waals surface area contributed by atoms with Crippen molar-refractivity contribution < 1.29 is 33.5 Å². The molecule has 58 heavy (non-hydrogen) atoms. The normalized spacial score (nSPS) is 12.7. The Hall–Kier alpha value is -6.38. The van der Waals surface area contributed by atoms with Gasteiger partial charge in [0.2, 0.25) is 23.6 Å². The van der Waals surface area contributed by atoms with Gasteiger partial charge in [-0.15, -0.1) is 0 Å². The molecule has 0 radical (unpaired) electrons. The molecule has 3 aromatic carbocycles. The van der Waals surface area contributed by atoms with Crippen LogP contribution >= 0.6 is 0 Å². The number of unbranched alkanes of at least 4 members (excludes halogenated alkanes) is 1. The Balaban J connectivity index is 1.39. The van der Waals surface area contributed by atoms with Crippen LogP contribution in [-0.4, -0.2) is 77.6 Å². The summed E-state index contributed by atoms with van der Waals surface area (Å²) < 4.78 is 5.47. The van der Waals surface area contributed by atoms with Crippen LogP contribution in [0.15, 0.2) is 85.1 Å². The van der Waals surface area contributed by atoms with Crippen LogP contribution in [0, 0.1) is 6.92 Å². The quantitative estimate of drug-likeness (QED) is 0.0598. The van der Waals surface area contributed by atoms with E-state index >= 15 is 0 Å². The van der Waals surface area contributed by atoms with Gasteiger partial charge in [0.25, 0.3) is 0 Å². The number of nitrogens with one attached hydrogen (secondary N) is 7. The van der Waals surface area contributed by atoms with E-state index in [4.69, 9.17) is 10.5 Å². The van der Waals surface area contributed by atoms with Crippen molar-refractivity contribution in [2.45, 2.75) is 96.4 Å². The Bertz CT molecular complexity index is 2010. The van der Waals surface area contributed by atoms with Gasteiger partial charge < -0.3 is 47.4 Å². The third kappa shape index (κ3) is 14.9. The van der Waals surface area contributed by atoms with Gasteiger partial charge in [-0.05, 0) is 82.2 Å². The third-order valence-electron chi connectivity index (χ3n) is 9.18. The molecule has 0 fully saturated rings. The zero-order valence-electron chi connectivity index (χ0n) is 33.6. The molecule has 7 amide bonds. The smallest absolute Gasteiger partial charge is 0.408 e. The number of aromatic nitrogens is 1. The maximum absolute atomic E-state index is 14.0. The Morgan fingerprint density at radius 2 is 1.41 bits per heavy atom. The van der Waals surface area contributed by atoms with Crippen LogP contribution in [0.3, 0.4) is 0 Å². The fraction of sp³-hybridized carbons (Fsp3) is 0.395. The highest BCUT2D eigenvalue weighted by atomic mass is 16.6. The summed E-state index contributed by atoms with van der Waals surface area (Å²) in [5.74, 6) is -2.13. The number of aryl methyl sites for hydroxylation is 1. The number of fused-ring (bicyclic) bond motifs is 1. The van der Waals surface area contributed by atoms with Gasteiger partial charge in [0.1, 0.15) is 23.7 Å². The number of para-hydroxylation sites is 2. The highest BCUT2D eigenvalue weighted by molar-refractivity contribution is 5.93. The summed E-state index contributed by atoms with van der Waals surface area (Å²) in [6.07, 6.45) is 2.77. The molecule has 0 bridgehead atoms. The maximum atomic E-state index is 14.0. The van der Waals surface area contributed by atoms with Crippen LogP contribution < -0.4 is 37.6 Å². The molecule has 4 rings (SSSR count). The van der Waals surface area contributed by atoms with Crippen molar-refractivity contribution in [3.8, 4) is 0 Å². The fourth-order valence-corrected chi connectivity index (χ4v) is 6.20. The van der Waals surface area contributed by atoms with Crippen LogP contribution in [-0.2, 0) is 36.8 Å². The van der Waals surface area contributed by atoms with Crippen molar-refractivity contribution in [1.29, 1.82) is 0 Å². The highest BCUT2D eigenvalue weighted by Gasteiger charge is 2.29. The molecule has 0 aliphatic carbocycles. The highest BCUT2D eigenvalue weighted by Crippen LogP contribution is 2.20. The van der Waals surface area contributed by atoms with E-state index in [-0.39, 0.29) is 44.7 Å². The second-order valence-electron chi connectivity index (χ2n) is 15.1. The summed E-state index contributed by atoms with van der Waals surface area (Å²) in [6.45, 7) is 7.46. The molecule has 1 aromatic heterocycles. The zero-order chi connectivity index (χ0) is 42.1. The molecule has 0 saturated heterocycles. The number of carbonyl (C=O) groups excluding carboxylic acids is 6. The van der Waals surface area contributed by atoms with Crippen LogP contribution in [0.25, 0.3) is 10.9 Å². The standard InChI is InChI=1S/C43H56N8O7/c1-28-15-8-10-19-32(28)50-41(56)46-23-13-12-21-34(39(54)45-24-14-22-37(52)48-35(38(44)53)25-29-16-6-5-7-17-29)49-40(55)36(51-42(57)58-43(2,3)4)26-30-27-47-33-20-11-9-18-31(30)33/h5-11,15-20,27,34-36,47H,12-14,21-26H2,1-4H3,(H2,44,53)(H,45,54)(H,48,52)(H,49,55)(H,51,57)(H2,46,50,56)/t34-,35?,36?/m0/s1. The monoisotopic (exact) mass is 796 g/mol. The van der Waals surface area contributed by atoms with Gasteiger partial charge in [0.05, 0.1) is 0 Å². The predicted octanol–water partition coefficient (Wildman–Crippen LogP) is 4.50. The minimum absolute atomic E-state index is 0.0125. The van der Waals surface area contributed by atoms with Crippen LogP contribution in [0.1, 0.15) is 69.6 Å². The molecule has 1 heterocycles. The minimum atomic E-state index is -1.10. The predicted molar refractivity (Wildman–Crippen MR) is 223 cm³/mol. The molecule has 15 heteroatoms. The number of carbonyl (C=O) groups is 6. The van der Waals surface area contributed by atoms with Crippen molar-refractivity contribution in [1.82, 2.24) is 31.6 Å². The second kappa shape index (κ2) is 21.8. The number of urea groups is 1. The number of hydrogen-bond donors (Lipinski definition) is 8. The summed E-state index contributed by atoms with van der Waals surface area (Å²) in [6, 6.07) is 20.8. The Morgan fingerprint density at radius 3 is 2.14 bits per heavy atom. The molecule has 2 unspecified atom stereocenters. The summed E-state index contributed by atoms with van der Waals surface area (Å²) in [5, 5.41) is 17.5. The third-order valence-corrected chi connectivity index (χ3v) is 9.18. The number of aromatic amines is 1. The van der Waals surface area contributed by atoms with Gasteiger partial charge in [-0.3, -0.25) is 19.2 Å². The lowest BCUT2D eigenvalue weighted by Crippen LogP contribution is -2.55. The van der Waals surface area contributed by atoms with Crippen LogP contribution in [0.2, 0.25) is 0 Å². The second-order valence-corrected chi connectivity index (χ2v) is 15.1. The number of alkyl carbamates (subject to hydrolysis) is 1. The fourth-order valence-electron chi connectivity index (χ4n) is 6.20. The molecule has 0 aliphatic rings. The first-order chi connectivity index (χ1) is 27.7. The molecule has 15 nitrogen and oxygen atoms in total. The maximum Gasteiger partial charge on any atom is 0.408 e. The first-order valence-corrected chi connectivity index (χ1v) is 19.5. The molecule has 0 saturated carbocycles. The van der Waals surface area contributed by atoms with E-state index in [1.807, 2.05) is 79.7 Å². The summed E-state index contributed by atoms with van der Waals surface area (Å²) in [7, 11) is 0. The molecular weight excluding hydrogens is 741 g/mol. The lowest BCUT2D eigenvalue weighted by atomic mass is 10.0. The van der Waals surface area contributed by atoms with Crippen molar-refractivity contribution in [3.63, 3.8) is 0 Å². The number of rotatable bonds is 20. The molecule has 310 valence electrons. The number of H-pyrrole nitrogens is 1. The zero-order valence-corrected chi connectivity index (χ0v) is 33.6. The topological polar surface area (TPSA) is 226 Å². The molecule has 3 atom stereocenters. The van der Waals surface area contributed by atoms with Crippen LogP contribution in [0.4, 0.5) is 15.3 Å². The van der Waals surface area contributed by atoms with Crippen LogP contribution in [0.5, 0.6) is 0 Å². The number of primary amides is 1. The van der Waals surface area contributed by atoms with E-state index in [2.05, 4.69) is 36.9 Å². The van der Waals surface area contributed by atoms with Crippen molar-refractivity contribution in [2.24, 2.45) is 5.73 Å². The number of hydrogen-bond acceptors (Lipinski definition) is 7. The molecule has 0 spiro atoms. The summed E-state index contributed by atoms with van der Waals surface area (Å²) in [5.41, 5.74) is 8.83. The summed E-state index contributed by atoms with van der Waals surface area (Å²) >= 11 is 0. The van der Waals surface area contributed by atoms with E-state index in [0.717, 1.165) is 27.6 Å². The first kappa shape index (κ1) is 44.3. The van der Waals surface area contributed by atoms with Gasteiger partial charge in [0, 0.05) is 55.1 Å². The molecule has 4 aromatic rings. The Kier molecular flexibility index (Phi) is 16.7. The number of nitrogens with two attached hydrogens (primary N) is 1. The minimum Gasteiger partial charge on any atom is -0.444 e. The average Bonchev–Trinajstić information content (AvgIpc) is 3.58. The van der Waals surface area contributed by atoms with Gasteiger partial charge in [-0.1, -0.05) is 66.7 Å². The van der Waals surface area contributed by atoms with Crippen molar-refractivity contribution in [2.75, 3.05) is 18.4 Å². The number of anilines is 1. The van der Waals surface area contributed by atoms with E-state index in [1.54, 1.807) is 33.0 Å². The van der Waals surface area contributed by atoms with E-state index in [1.165, 1.54) is 0 Å². The molecule has 0 aliphatic heterocycles. The van der Waals surface area contributed by atoms with Crippen molar-refractivity contribution >= 4 is 52.3 Å². The van der Waals surface area contributed by atoms with Gasteiger partial charge in [0.15, 0.2) is 0 Å². The van der Waals surface area contributed by atoms with E-state index in [0.29, 0.717) is 25.1 Å². The number of ether oxygens (including phenoxy) is 1. The molecular formula is C43H56N8O7. The van der Waals surface area contributed by atoms with E-state index in [9.17, 15) is 28.8 Å². The van der Waals surface area contributed by atoms with E-state index < -0.39 is 53.4 Å². The van der Waals surface area contributed by atoms with Gasteiger partial charge in [-0.2, -0.15) is 0 Å². The lowest BCUT2D eigenvalue weighted by Gasteiger charge is -2.25. The first-order valence-electron chi connectivity index (χ1n) is 19.5. The van der Waals surface area contributed by atoms with Gasteiger partial charge >= 0.3 is 12.1 Å². The average molecular weight is 797 g/mol. The Morgan fingerprint density at radius 1 is 0.724 bits per heavy atom. The summed E-state index contributed by atoms with van der Waals surface area (Å²) in [4.78, 5) is 81.0. The van der Waals surface area contributed by atoms with Gasteiger partial charge in [-0.25, -0.2) is 9.59 Å². The molecule has 9 N–H and O–H groups in total. The Labute approximate surface area is 339 Å². The largest absolute Gasteiger partial charge is 0.444 e. The number of benzene rings is 3. The SMILES string of the molecule is Cc1ccccc1NC(=O)NCCCC[C@H](NC(=O)C(Cc1c[nH]c2ccccc12)NC(=O)OC(C)(C)C)C(=O)NCCCC(=O)NC(Cc1ccccc1)C(N)=O. The number of amides is 7. The lowest BCUT2D eigenvalue weighted by molar-refractivity contribution is -0.130.